The monoisotopic (exact) mass is 208 g/mol. The number of methoxy groups -OCH3 is 1. The van der Waals surface area contributed by atoms with Gasteiger partial charge in [-0.15, -0.1) is 0 Å². The molecule has 5 heteroatoms. The summed E-state index contributed by atoms with van der Waals surface area (Å²) in [5.74, 6) is -1.34. The number of ether oxygens (including phenoxy) is 1. The Morgan fingerprint density at radius 1 is 1.40 bits per heavy atom. The number of hydrogen-bond acceptors (Lipinski definition) is 4. The summed E-state index contributed by atoms with van der Waals surface area (Å²) >= 11 is 0. The maximum atomic E-state index is 11.4. The summed E-state index contributed by atoms with van der Waals surface area (Å²) in [6.07, 6.45) is 0. The van der Waals surface area contributed by atoms with Crippen LogP contribution in [0.4, 0.5) is 0 Å². The van der Waals surface area contributed by atoms with Crippen LogP contribution in [0.25, 0.3) is 0 Å². The Morgan fingerprint density at radius 3 is 2.47 bits per heavy atom. The molecule has 2 N–H and O–H groups in total. The van der Waals surface area contributed by atoms with Crippen LogP contribution in [0.15, 0.2) is 6.07 Å². The van der Waals surface area contributed by atoms with Crippen molar-refractivity contribution < 1.29 is 14.3 Å². The topological polar surface area (TPSA) is 82.3 Å². The predicted molar refractivity (Wildman–Crippen MR) is 53.6 cm³/mol. The number of esters is 1. The number of carbonyl (C=O) groups is 2. The van der Waals surface area contributed by atoms with Gasteiger partial charge >= 0.3 is 5.97 Å². The molecule has 5 nitrogen and oxygen atoms in total. The van der Waals surface area contributed by atoms with Gasteiger partial charge in [0, 0.05) is 5.69 Å². The SMILES string of the molecule is COC(=O)c1c(C)cc(C)nc1C(N)=O. The molecule has 1 rings (SSSR count). The minimum absolute atomic E-state index is 0.0423. The number of primary amides is 1. The normalized spacial score (nSPS) is 9.80. The molecule has 0 saturated heterocycles. The number of aromatic nitrogens is 1. The van der Waals surface area contributed by atoms with Crippen molar-refractivity contribution in [1.29, 1.82) is 0 Å². The molecule has 0 aromatic carbocycles. The number of carbonyl (C=O) groups excluding carboxylic acids is 2. The molecule has 0 aliphatic heterocycles. The highest BCUT2D eigenvalue weighted by atomic mass is 16.5. The molecule has 1 heterocycles. The van der Waals surface area contributed by atoms with Crippen molar-refractivity contribution in [3.8, 4) is 0 Å². The quantitative estimate of drug-likeness (QED) is 0.721. The van der Waals surface area contributed by atoms with Crippen LogP contribution in [-0.2, 0) is 4.74 Å². The zero-order valence-electron chi connectivity index (χ0n) is 8.83. The van der Waals surface area contributed by atoms with E-state index in [-0.39, 0.29) is 11.3 Å². The van der Waals surface area contributed by atoms with E-state index in [1.165, 1.54) is 7.11 Å². The lowest BCUT2D eigenvalue weighted by Crippen LogP contribution is -2.20. The first-order chi connectivity index (χ1) is 6.97. The van der Waals surface area contributed by atoms with Gasteiger partial charge in [-0.3, -0.25) is 4.79 Å². The van der Waals surface area contributed by atoms with Crippen LogP contribution in [0.1, 0.15) is 32.1 Å². The van der Waals surface area contributed by atoms with Crippen molar-refractivity contribution in [2.75, 3.05) is 7.11 Å². The van der Waals surface area contributed by atoms with E-state index in [2.05, 4.69) is 9.72 Å². The van der Waals surface area contributed by atoms with E-state index in [1.807, 2.05) is 0 Å². The first-order valence-corrected chi connectivity index (χ1v) is 4.33. The Kier molecular flexibility index (Phi) is 3.04. The molecule has 15 heavy (non-hydrogen) atoms. The van der Waals surface area contributed by atoms with Gasteiger partial charge in [-0.05, 0) is 25.5 Å². The maximum absolute atomic E-state index is 11.4. The van der Waals surface area contributed by atoms with E-state index < -0.39 is 11.9 Å². The third kappa shape index (κ3) is 2.12. The molecular formula is C10H12N2O3. The fourth-order valence-corrected chi connectivity index (χ4v) is 1.37. The van der Waals surface area contributed by atoms with Crippen LogP contribution in [0.3, 0.4) is 0 Å². The number of nitrogens with zero attached hydrogens (tertiary/aromatic N) is 1. The molecule has 1 aromatic heterocycles. The van der Waals surface area contributed by atoms with Gasteiger partial charge in [-0.1, -0.05) is 0 Å². The van der Waals surface area contributed by atoms with Crippen LogP contribution in [0.2, 0.25) is 0 Å². The van der Waals surface area contributed by atoms with Crippen molar-refractivity contribution in [3.63, 3.8) is 0 Å². The third-order valence-corrected chi connectivity index (χ3v) is 1.97. The van der Waals surface area contributed by atoms with Crippen LogP contribution in [-0.4, -0.2) is 24.0 Å². The fourth-order valence-electron chi connectivity index (χ4n) is 1.37. The zero-order valence-corrected chi connectivity index (χ0v) is 8.83. The van der Waals surface area contributed by atoms with Crippen molar-refractivity contribution in [2.45, 2.75) is 13.8 Å². The van der Waals surface area contributed by atoms with E-state index in [0.29, 0.717) is 11.3 Å². The van der Waals surface area contributed by atoms with Crippen LogP contribution >= 0.6 is 0 Å². The summed E-state index contributed by atoms with van der Waals surface area (Å²) < 4.78 is 4.56. The minimum atomic E-state index is -0.734. The Hall–Kier alpha value is -1.91. The number of amides is 1. The molecule has 80 valence electrons. The number of nitrogens with two attached hydrogens (primary N) is 1. The van der Waals surface area contributed by atoms with Crippen molar-refractivity contribution >= 4 is 11.9 Å². The summed E-state index contributed by atoms with van der Waals surface area (Å²) in [7, 11) is 1.24. The highest BCUT2D eigenvalue weighted by Gasteiger charge is 2.20. The molecule has 0 saturated carbocycles. The smallest absolute Gasteiger partial charge is 0.340 e. The van der Waals surface area contributed by atoms with Crippen LogP contribution < -0.4 is 5.73 Å². The molecule has 1 aromatic rings. The summed E-state index contributed by atoms with van der Waals surface area (Å²) in [5, 5.41) is 0. The van der Waals surface area contributed by atoms with E-state index in [0.717, 1.165) is 0 Å². The third-order valence-electron chi connectivity index (χ3n) is 1.97. The van der Waals surface area contributed by atoms with Gasteiger partial charge in [0.05, 0.1) is 12.7 Å². The molecule has 1 amide bonds. The van der Waals surface area contributed by atoms with Gasteiger partial charge in [-0.2, -0.15) is 0 Å². The molecule has 0 aliphatic carbocycles. The lowest BCUT2D eigenvalue weighted by atomic mass is 10.1. The zero-order chi connectivity index (χ0) is 11.6. The van der Waals surface area contributed by atoms with E-state index >= 15 is 0 Å². The largest absolute Gasteiger partial charge is 0.465 e. The standard InChI is InChI=1S/C10H12N2O3/c1-5-4-6(2)12-8(9(11)13)7(5)10(14)15-3/h4H,1-3H3,(H2,11,13). The average molecular weight is 208 g/mol. The van der Waals surface area contributed by atoms with Gasteiger partial charge in [0.1, 0.15) is 5.69 Å². The lowest BCUT2D eigenvalue weighted by molar-refractivity contribution is 0.0595. The summed E-state index contributed by atoms with van der Waals surface area (Å²) in [4.78, 5) is 26.4. The highest BCUT2D eigenvalue weighted by Crippen LogP contribution is 2.14. The minimum Gasteiger partial charge on any atom is -0.465 e. The van der Waals surface area contributed by atoms with Crippen LogP contribution in [0.5, 0.6) is 0 Å². The second kappa shape index (κ2) is 4.08. The van der Waals surface area contributed by atoms with Gasteiger partial charge < -0.3 is 10.5 Å². The summed E-state index contributed by atoms with van der Waals surface area (Å²) in [5.41, 5.74) is 6.49. The summed E-state index contributed by atoms with van der Waals surface area (Å²) in [6.45, 7) is 3.42. The Morgan fingerprint density at radius 2 is 2.00 bits per heavy atom. The van der Waals surface area contributed by atoms with Crippen molar-refractivity contribution in [3.05, 3.63) is 28.6 Å². The van der Waals surface area contributed by atoms with E-state index in [4.69, 9.17) is 5.73 Å². The molecule has 0 aliphatic rings. The molecule has 0 spiro atoms. The second-order valence-corrected chi connectivity index (χ2v) is 3.16. The van der Waals surface area contributed by atoms with E-state index in [1.54, 1.807) is 19.9 Å². The van der Waals surface area contributed by atoms with Crippen molar-refractivity contribution in [2.24, 2.45) is 5.73 Å². The van der Waals surface area contributed by atoms with Crippen molar-refractivity contribution in [1.82, 2.24) is 4.98 Å². The first-order valence-electron chi connectivity index (χ1n) is 4.33. The highest BCUT2D eigenvalue weighted by molar-refractivity contribution is 6.04. The number of rotatable bonds is 2. The molecule has 0 bridgehead atoms. The molecule has 0 atom stereocenters. The van der Waals surface area contributed by atoms with Gasteiger partial charge in [-0.25, -0.2) is 9.78 Å². The number of aryl methyl sites for hydroxylation is 2. The number of pyridine rings is 1. The predicted octanol–water partition coefficient (Wildman–Crippen LogP) is 0.584. The first kappa shape index (κ1) is 11.2. The van der Waals surface area contributed by atoms with Gasteiger partial charge in [0.15, 0.2) is 0 Å². The maximum Gasteiger partial charge on any atom is 0.340 e. The fraction of sp³-hybridized carbons (Fsp3) is 0.300. The number of hydrogen-bond donors (Lipinski definition) is 1. The van der Waals surface area contributed by atoms with E-state index in [9.17, 15) is 9.59 Å². The summed E-state index contributed by atoms with van der Waals surface area (Å²) in [6, 6.07) is 1.69. The second-order valence-electron chi connectivity index (χ2n) is 3.16. The Labute approximate surface area is 87.3 Å². The molecule has 0 unspecified atom stereocenters. The molecule has 0 fully saturated rings. The van der Waals surface area contributed by atoms with Gasteiger partial charge in [0.2, 0.25) is 0 Å². The van der Waals surface area contributed by atoms with Gasteiger partial charge in [0.25, 0.3) is 5.91 Å². The molecular weight excluding hydrogens is 196 g/mol. The lowest BCUT2D eigenvalue weighted by Gasteiger charge is -2.08. The average Bonchev–Trinajstić information content (AvgIpc) is 2.15. The molecule has 0 radical (unpaired) electrons. The Bertz CT molecular complexity index is 427. The van der Waals surface area contributed by atoms with Crippen LogP contribution in [0, 0.1) is 13.8 Å². The Balaban J connectivity index is 3.46.